The van der Waals surface area contributed by atoms with Gasteiger partial charge in [0.1, 0.15) is 5.37 Å². The predicted molar refractivity (Wildman–Crippen MR) is 78.9 cm³/mol. The molecule has 4 nitrogen and oxygen atoms in total. The second-order valence-corrected chi connectivity index (χ2v) is 6.03. The first-order valence-corrected chi connectivity index (χ1v) is 7.55. The average Bonchev–Trinajstić information content (AvgIpc) is 2.82. The van der Waals surface area contributed by atoms with Crippen LogP contribution in [0.2, 0.25) is 0 Å². The van der Waals surface area contributed by atoms with Crippen molar-refractivity contribution in [3.8, 4) is 0 Å². The van der Waals surface area contributed by atoms with Crippen LogP contribution in [0.4, 0.5) is 5.82 Å². The van der Waals surface area contributed by atoms with Gasteiger partial charge in [0.2, 0.25) is 5.91 Å². The molecule has 1 unspecified atom stereocenters. The molecular formula is C13H10BrN3OS. The van der Waals surface area contributed by atoms with Crippen LogP contribution in [0.5, 0.6) is 0 Å². The minimum Gasteiger partial charge on any atom is -0.278 e. The van der Waals surface area contributed by atoms with Crippen molar-refractivity contribution in [2.24, 2.45) is 0 Å². The smallest absolute Gasteiger partial charge is 0.239 e. The number of thioether (sulfide) groups is 1. The third-order valence-corrected chi connectivity index (χ3v) is 4.56. The zero-order chi connectivity index (χ0) is 13.2. The van der Waals surface area contributed by atoms with E-state index in [2.05, 4.69) is 25.9 Å². The molecule has 6 heteroatoms. The molecule has 0 bridgehead atoms. The van der Waals surface area contributed by atoms with Gasteiger partial charge in [-0.1, -0.05) is 28.1 Å². The van der Waals surface area contributed by atoms with E-state index in [1.54, 1.807) is 35.3 Å². The lowest BCUT2D eigenvalue weighted by Crippen LogP contribution is -2.28. The van der Waals surface area contributed by atoms with Crippen LogP contribution in [0, 0.1) is 0 Å². The Morgan fingerprint density at radius 1 is 1.26 bits per heavy atom. The first-order valence-electron chi connectivity index (χ1n) is 5.71. The summed E-state index contributed by atoms with van der Waals surface area (Å²) < 4.78 is 1.02. The van der Waals surface area contributed by atoms with Gasteiger partial charge in [0.15, 0.2) is 5.82 Å². The monoisotopic (exact) mass is 335 g/mol. The highest BCUT2D eigenvalue weighted by Crippen LogP contribution is 2.40. The molecule has 0 aliphatic carbocycles. The number of carbonyl (C=O) groups is 1. The quantitative estimate of drug-likeness (QED) is 0.846. The molecule has 1 saturated heterocycles. The van der Waals surface area contributed by atoms with Crippen LogP contribution >= 0.6 is 27.7 Å². The number of aromatic nitrogens is 2. The highest BCUT2D eigenvalue weighted by Gasteiger charge is 2.34. The van der Waals surface area contributed by atoms with Gasteiger partial charge in [0, 0.05) is 16.9 Å². The predicted octanol–water partition coefficient (Wildman–Crippen LogP) is 3.02. The Bertz CT molecular complexity index is 591. The van der Waals surface area contributed by atoms with E-state index in [1.807, 2.05) is 24.3 Å². The molecule has 19 heavy (non-hydrogen) atoms. The fourth-order valence-corrected chi connectivity index (χ4v) is 3.39. The zero-order valence-corrected chi connectivity index (χ0v) is 12.3. The summed E-state index contributed by atoms with van der Waals surface area (Å²) in [6.45, 7) is 0. The van der Waals surface area contributed by atoms with E-state index in [9.17, 15) is 4.79 Å². The molecule has 1 fully saturated rings. The summed E-state index contributed by atoms with van der Waals surface area (Å²) in [5.41, 5.74) is 1.09. The molecule has 1 aromatic carbocycles. The second-order valence-electron chi connectivity index (χ2n) is 4.04. The molecule has 0 radical (unpaired) electrons. The largest absolute Gasteiger partial charge is 0.278 e. The molecule has 3 rings (SSSR count). The van der Waals surface area contributed by atoms with Crippen LogP contribution < -0.4 is 4.90 Å². The number of hydrogen-bond donors (Lipinski definition) is 0. The lowest BCUT2D eigenvalue weighted by Gasteiger charge is -2.22. The summed E-state index contributed by atoms with van der Waals surface area (Å²) in [6, 6.07) is 7.99. The Labute approximate surface area is 123 Å². The highest BCUT2D eigenvalue weighted by atomic mass is 79.9. The summed E-state index contributed by atoms with van der Waals surface area (Å²) in [5.74, 6) is 1.14. The Hall–Kier alpha value is -1.40. The Morgan fingerprint density at radius 3 is 2.74 bits per heavy atom. The van der Waals surface area contributed by atoms with Gasteiger partial charge in [-0.25, -0.2) is 4.98 Å². The number of hydrogen-bond acceptors (Lipinski definition) is 4. The number of carbonyl (C=O) groups excluding carboxylic acids is 1. The molecule has 2 aromatic rings. The van der Waals surface area contributed by atoms with Gasteiger partial charge < -0.3 is 0 Å². The van der Waals surface area contributed by atoms with E-state index in [0.29, 0.717) is 11.6 Å². The molecule has 0 saturated carbocycles. The van der Waals surface area contributed by atoms with Crippen molar-refractivity contribution >= 4 is 39.4 Å². The van der Waals surface area contributed by atoms with E-state index < -0.39 is 0 Å². The number of anilines is 1. The third-order valence-electron chi connectivity index (χ3n) is 2.82. The average molecular weight is 336 g/mol. The summed E-state index contributed by atoms with van der Waals surface area (Å²) in [7, 11) is 0. The van der Waals surface area contributed by atoms with Crippen molar-refractivity contribution < 1.29 is 4.79 Å². The van der Waals surface area contributed by atoms with Crippen LogP contribution in [0.1, 0.15) is 10.9 Å². The molecule has 96 valence electrons. The maximum absolute atomic E-state index is 12.1. The Morgan fingerprint density at radius 2 is 2.05 bits per heavy atom. The third kappa shape index (κ3) is 2.50. The molecular weight excluding hydrogens is 326 g/mol. The maximum atomic E-state index is 12.1. The normalized spacial score (nSPS) is 18.9. The molecule has 1 amide bonds. The summed E-state index contributed by atoms with van der Waals surface area (Å²) in [6.07, 6.45) is 4.83. The molecule has 1 aliphatic rings. The van der Waals surface area contributed by atoms with E-state index in [-0.39, 0.29) is 11.3 Å². The van der Waals surface area contributed by atoms with Crippen LogP contribution in [0.25, 0.3) is 0 Å². The fraction of sp³-hybridized carbons (Fsp3) is 0.154. The number of benzene rings is 1. The minimum atomic E-state index is -0.0303. The topological polar surface area (TPSA) is 46.1 Å². The van der Waals surface area contributed by atoms with Crippen molar-refractivity contribution in [1.82, 2.24) is 9.97 Å². The molecule has 1 atom stereocenters. The first kappa shape index (κ1) is 12.6. The molecule has 0 spiro atoms. The summed E-state index contributed by atoms with van der Waals surface area (Å²) >= 11 is 5.02. The molecule has 1 aliphatic heterocycles. The van der Waals surface area contributed by atoms with E-state index >= 15 is 0 Å². The Kier molecular flexibility index (Phi) is 3.52. The second kappa shape index (κ2) is 5.30. The van der Waals surface area contributed by atoms with Gasteiger partial charge in [0.25, 0.3) is 0 Å². The van der Waals surface area contributed by atoms with Gasteiger partial charge in [0.05, 0.1) is 11.9 Å². The number of rotatable bonds is 2. The summed E-state index contributed by atoms with van der Waals surface area (Å²) in [4.78, 5) is 22.0. The number of nitrogens with zero attached hydrogens (tertiary/aromatic N) is 3. The Balaban J connectivity index is 1.97. The van der Waals surface area contributed by atoms with Gasteiger partial charge in [-0.05, 0) is 17.7 Å². The molecule has 0 N–H and O–H groups in total. The number of halogens is 1. The lowest BCUT2D eigenvalue weighted by atomic mass is 10.2. The SMILES string of the molecule is O=C1CSC(c2ccc(Br)cc2)N1c1cnccn1. The van der Waals surface area contributed by atoms with Gasteiger partial charge in [-0.15, -0.1) is 11.8 Å². The van der Waals surface area contributed by atoms with Crippen molar-refractivity contribution in [2.45, 2.75) is 5.37 Å². The lowest BCUT2D eigenvalue weighted by molar-refractivity contribution is -0.115. The molecule has 1 aromatic heterocycles. The minimum absolute atomic E-state index is 0.0303. The van der Waals surface area contributed by atoms with Crippen LogP contribution in [0.15, 0.2) is 47.3 Å². The van der Waals surface area contributed by atoms with Gasteiger partial charge in [-0.2, -0.15) is 0 Å². The van der Waals surface area contributed by atoms with Crippen molar-refractivity contribution in [2.75, 3.05) is 10.7 Å². The van der Waals surface area contributed by atoms with Crippen molar-refractivity contribution in [3.63, 3.8) is 0 Å². The first-order chi connectivity index (χ1) is 9.25. The highest BCUT2D eigenvalue weighted by molar-refractivity contribution is 9.10. The van der Waals surface area contributed by atoms with E-state index in [1.165, 1.54) is 0 Å². The molecule has 2 heterocycles. The number of amides is 1. The van der Waals surface area contributed by atoms with E-state index in [4.69, 9.17) is 0 Å². The van der Waals surface area contributed by atoms with Crippen LogP contribution in [-0.2, 0) is 4.79 Å². The van der Waals surface area contributed by atoms with Crippen LogP contribution in [-0.4, -0.2) is 21.6 Å². The van der Waals surface area contributed by atoms with Crippen LogP contribution in [0.3, 0.4) is 0 Å². The van der Waals surface area contributed by atoms with Crippen molar-refractivity contribution in [1.29, 1.82) is 0 Å². The van der Waals surface area contributed by atoms with Gasteiger partial charge in [-0.3, -0.25) is 14.7 Å². The van der Waals surface area contributed by atoms with Crippen molar-refractivity contribution in [3.05, 3.63) is 52.9 Å². The van der Waals surface area contributed by atoms with E-state index in [0.717, 1.165) is 10.0 Å². The maximum Gasteiger partial charge on any atom is 0.239 e. The fourth-order valence-electron chi connectivity index (χ4n) is 1.96. The van der Waals surface area contributed by atoms with Gasteiger partial charge >= 0.3 is 0 Å². The standard InChI is InChI=1S/C13H10BrN3OS/c14-10-3-1-9(2-4-10)13-17(12(18)8-19-13)11-7-15-5-6-16-11/h1-7,13H,8H2. The summed E-state index contributed by atoms with van der Waals surface area (Å²) in [5, 5.41) is -0.0303. The zero-order valence-electron chi connectivity index (χ0n) is 9.86.